The Balaban J connectivity index is 1.59. The highest BCUT2D eigenvalue weighted by atomic mass is 35.5. The van der Waals surface area contributed by atoms with Crippen molar-refractivity contribution in [2.45, 2.75) is 57.2 Å². The van der Waals surface area contributed by atoms with Gasteiger partial charge in [0.2, 0.25) is 5.91 Å². The van der Waals surface area contributed by atoms with Crippen molar-refractivity contribution in [3.63, 3.8) is 0 Å². The van der Waals surface area contributed by atoms with Crippen LogP contribution >= 0.6 is 11.6 Å². The Bertz CT molecular complexity index is 1150. The van der Waals surface area contributed by atoms with E-state index < -0.39 is 6.04 Å². The third-order valence-electron chi connectivity index (χ3n) is 6.66. The van der Waals surface area contributed by atoms with Gasteiger partial charge in [0.15, 0.2) is 6.61 Å². The summed E-state index contributed by atoms with van der Waals surface area (Å²) in [5.74, 6) is -0.503. The second kappa shape index (κ2) is 13.2. The quantitative estimate of drug-likeness (QED) is 0.358. The summed E-state index contributed by atoms with van der Waals surface area (Å²) in [6.45, 7) is -0.0560. The van der Waals surface area contributed by atoms with Gasteiger partial charge in [-0.1, -0.05) is 73.3 Å². The first kappa shape index (κ1) is 26.7. The van der Waals surface area contributed by atoms with Gasteiger partial charge < -0.3 is 15.0 Å². The highest BCUT2D eigenvalue weighted by Gasteiger charge is 2.32. The van der Waals surface area contributed by atoms with Crippen LogP contribution in [0, 0.1) is 5.82 Å². The van der Waals surface area contributed by atoms with Gasteiger partial charge in [0.25, 0.3) is 5.91 Å². The predicted octanol–water partition coefficient (Wildman–Crippen LogP) is 5.95. The molecule has 0 saturated heterocycles. The predicted molar refractivity (Wildman–Crippen MR) is 143 cm³/mol. The molecule has 0 spiro atoms. The van der Waals surface area contributed by atoms with Crippen molar-refractivity contribution in [2.24, 2.45) is 0 Å². The Morgan fingerprint density at radius 3 is 2.27 bits per heavy atom. The van der Waals surface area contributed by atoms with E-state index in [9.17, 15) is 14.0 Å². The van der Waals surface area contributed by atoms with Crippen LogP contribution in [0.3, 0.4) is 0 Å². The zero-order valence-electron chi connectivity index (χ0n) is 20.7. The number of halogens is 2. The third-order valence-corrected chi connectivity index (χ3v) is 6.92. The van der Waals surface area contributed by atoms with Crippen molar-refractivity contribution >= 4 is 23.4 Å². The van der Waals surface area contributed by atoms with E-state index in [1.165, 1.54) is 30.7 Å². The van der Waals surface area contributed by atoms with Crippen molar-refractivity contribution in [3.8, 4) is 5.75 Å². The van der Waals surface area contributed by atoms with Crippen LogP contribution < -0.4 is 10.1 Å². The molecule has 4 rings (SSSR count). The monoisotopic (exact) mass is 522 g/mol. The number of carbonyl (C=O) groups excluding carboxylic acids is 2. The molecule has 0 radical (unpaired) electrons. The summed E-state index contributed by atoms with van der Waals surface area (Å²) in [6.07, 6.45) is 5.63. The number of hydrogen-bond acceptors (Lipinski definition) is 3. The molecule has 1 atom stereocenters. The molecule has 1 aliphatic rings. The maximum Gasteiger partial charge on any atom is 0.261 e. The van der Waals surface area contributed by atoms with Crippen LogP contribution in [0.2, 0.25) is 5.02 Å². The second-order valence-corrected chi connectivity index (χ2v) is 9.88. The van der Waals surface area contributed by atoms with E-state index in [1.807, 2.05) is 42.5 Å². The highest BCUT2D eigenvalue weighted by molar-refractivity contribution is 6.30. The smallest absolute Gasteiger partial charge is 0.261 e. The molecular formula is C30H32ClFN2O3. The zero-order chi connectivity index (χ0) is 26.0. The molecule has 0 aliphatic heterocycles. The van der Waals surface area contributed by atoms with Gasteiger partial charge >= 0.3 is 0 Å². The number of ether oxygens (including phenoxy) is 1. The maximum atomic E-state index is 13.7. The van der Waals surface area contributed by atoms with E-state index in [-0.39, 0.29) is 36.8 Å². The molecular weight excluding hydrogens is 491 g/mol. The molecule has 1 fully saturated rings. The van der Waals surface area contributed by atoms with Gasteiger partial charge in [-0.25, -0.2) is 4.39 Å². The number of rotatable bonds is 10. The summed E-state index contributed by atoms with van der Waals surface area (Å²) < 4.78 is 19.0. The fourth-order valence-electron chi connectivity index (χ4n) is 4.64. The van der Waals surface area contributed by atoms with Gasteiger partial charge in [-0.15, -0.1) is 0 Å². The summed E-state index contributed by atoms with van der Waals surface area (Å²) in [6, 6.07) is 21.8. The second-order valence-electron chi connectivity index (χ2n) is 9.44. The number of carbonyl (C=O) groups is 2. The topological polar surface area (TPSA) is 58.6 Å². The Kier molecular flexibility index (Phi) is 9.55. The fourth-order valence-corrected chi connectivity index (χ4v) is 4.77. The molecule has 37 heavy (non-hydrogen) atoms. The summed E-state index contributed by atoms with van der Waals surface area (Å²) in [4.78, 5) is 28.9. The molecule has 0 unspecified atom stereocenters. The van der Waals surface area contributed by atoms with E-state index in [4.69, 9.17) is 16.3 Å². The molecule has 1 aliphatic carbocycles. The third kappa shape index (κ3) is 8.05. The maximum absolute atomic E-state index is 13.7. The lowest BCUT2D eigenvalue weighted by Gasteiger charge is -2.33. The molecule has 0 bridgehead atoms. The molecule has 1 N–H and O–H groups in total. The van der Waals surface area contributed by atoms with Gasteiger partial charge in [-0.05, 0) is 60.4 Å². The number of amides is 2. The van der Waals surface area contributed by atoms with E-state index in [2.05, 4.69) is 5.32 Å². The molecule has 3 aromatic carbocycles. The Hall–Kier alpha value is -3.38. The first-order chi connectivity index (χ1) is 18.0. The number of benzene rings is 3. The van der Waals surface area contributed by atoms with Crippen LogP contribution in [-0.2, 0) is 22.6 Å². The average molecular weight is 523 g/mol. The summed E-state index contributed by atoms with van der Waals surface area (Å²) in [5.41, 5.74) is 1.81. The van der Waals surface area contributed by atoms with Gasteiger partial charge in [-0.2, -0.15) is 0 Å². The Morgan fingerprint density at radius 2 is 1.59 bits per heavy atom. The molecule has 2 amide bonds. The molecule has 194 valence electrons. The molecule has 0 heterocycles. The first-order valence-corrected chi connectivity index (χ1v) is 13.1. The number of nitrogens with one attached hydrogen (secondary N) is 1. The SMILES string of the molecule is O=C(NC1CCCCC1)[C@H](Cc1ccccc1)N(Cc1ccc(Cl)cc1)C(=O)COc1ccc(F)cc1. The van der Waals surface area contributed by atoms with Gasteiger partial charge in [0, 0.05) is 24.0 Å². The van der Waals surface area contributed by atoms with E-state index in [0.717, 1.165) is 36.8 Å². The average Bonchev–Trinajstić information content (AvgIpc) is 2.92. The lowest BCUT2D eigenvalue weighted by Crippen LogP contribution is -2.53. The van der Waals surface area contributed by atoms with Crippen molar-refractivity contribution in [3.05, 3.63) is 101 Å². The van der Waals surface area contributed by atoms with Crippen LogP contribution in [-0.4, -0.2) is 35.4 Å². The molecule has 1 saturated carbocycles. The largest absolute Gasteiger partial charge is 0.484 e. The minimum Gasteiger partial charge on any atom is -0.484 e. The van der Waals surface area contributed by atoms with Crippen molar-refractivity contribution in [1.82, 2.24) is 10.2 Å². The minimum atomic E-state index is -0.732. The van der Waals surface area contributed by atoms with E-state index in [1.54, 1.807) is 17.0 Å². The van der Waals surface area contributed by atoms with Crippen LogP contribution in [0.25, 0.3) is 0 Å². The number of hydrogen-bond donors (Lipinski definition) is 1. The van der Waals surface area contributed by atoms with Crippen molar-refractivity contribution in [2.75, 3.05) is 6.61 Å². The van der Waals surface area contributed by atoms with Crippen LogP contribution in [0.1, 0.15) is 43.2 Å². The summed E-state index contributed by atoms with van der Waals surface area (Å²) in [7, 11) is 0. The fraction of sp³-hybridized carbons (Fsp3) is 0.333. The van der Waals surface area contributed by atoms with Crippen LogP contribution in [0.4, 0.5) is 4.39 Å². The zero-order valence-corrected chi connectivity index (χ0v) is 21.5. The highest BCUT2D eigenvalue weighted by Crippen LogP contribution is 2.21. The van der Waals surface area contributed by atoms with Crippen LogP contribution in [0.5, 0.6) is 5.75 Å². The molecule has 5 nitrogen and oxygen atoms in total. The van der Waals surface area contributed by atoms with Gasteiger partial charge in [0.1, 0.15) is 17.6 Å². The van der Waals surface area contributed by atoms with Crippen LogP contribution in [0.15, 0.2) is 78.9 Å². The minimum absolute atomic E-state index is 0.113. The van der Waals surface area contributed by atoms with E-state index in [0.29, 0.717) is 17.2 Å². The lowest BCUT2D eigenvalue weighted by molar-refractivity contribution is -0.143. The molecule has 3 aromatic rings. The Morgan fingerprint density at radius 1 is 0.919 bits per heavy atom. The molecule has 7 heteroatoms. The van der Waals surface area contributed by atoms with Crippen molar-refractivity contribution in [1.29, 1.82) is 0 Å². The van der Waals surface area contributed by atoms with E-state index >= 15 is 0 Å². The van der Waals surface area contributed by atoms with Crippen molar-refractivity contribution < 1.29 is 18.7 Å². The first-order valence-electron chi connectivity index (χ1n) is 12.7. The molecule has 0 aromatic heterocycles. The van der Waals surface area contributed by atoms with Gasteiger partial charge in [0.05, 0.1) is 0 Å². The summed E-state index contributed by atoms with van der Waals surface area (Å²) >= 11 is 6.08. The normalized spacial score (nSPS) is 14.5. The van der Waals surface area contributed by atoms with Gasteiger partial charge in [-0.3, -0.25) is 9.59 Å². The number of nitrogens with zero attached hydrogens (tertiary/aromatic N) is 1. The Labute approximate surface area is 222 Å². The lowest BCUT2D eigenvalue weighted by atomic mass is 9.94. The summed E-state index contributed by atoms with van der Waals surface area (Å²) in [5, 5.41) is 3.81. The standard InChI is InChI=1S/C30H32ClFN2O3/c31-24-13-11-23(12-14-24)20-34(29(35)21-37-27-17-15-25(32)16-18-27)28(19-22-7-3-1-4-8-22)30(36)33-26-9-5-2-6-10-26/h1,3-4,7-8,11-18,26,28H,2,5-6,9-10,19-21H2,(H,33,36)/t28-/m0/s1.